The Labute approximate surface area is 219 Å². The van der Waals surface area contributed by atoms with Crippen molar-refractivity contribution in [2.45, 2.75) is 24.4 Å². The predicted molar refractivity (Wildman–Crippen MR) is 131 cm³/mol. The normalized spacial score (nSPS) is 15.1. The zero-order chi connectivity index (χ0) is 26.8. The van der Waals surface area contributed by atoms with Crippen LogP contribution in [0.4, 0.5) is 13.2 Å². The van der Waals surface area contributed by atoms with Gasteiger partial charge in [-0.1, -0.05) is 29.4 Å². The molecule has 38 heavy (non-hydrogen) atoms. The highest BCUT2D eigenvalue weighted by molar-refractivity contribution is 7.10. The quantitative estimate of drug-likeness (QED) is 0.357. The molecule has 12 heteroatoms. The molecule has 1 fully saturated rings. The number of halogens is 3. The van der Waals surface area contributed by atoms with Crippen LogP contribution in [-0.4, -0.2) is 40.8 Å². The van der Waals surface area contributed by atoms with E-state index in [-0.39, 0.29) is 22.9 Å². The standard InChI is InChI=1S/C26H20F3N5O3S/c27-26(28,29)23-33-21(34-37-23)18-2-1-3-19(12-18)22(35)31-15-25(8-10-36-11-9-25)24-32-20(14-38-24)17-6-4-16(13-30)5-7-17/h1-7,12,14H,8-11,15H2,(H,31,35). The largest absolute Gasteiger partial charge is 0.471 e. The van der Waals surface area contributed by atoms with Crippen LogP contribution in [0.3, 0.4) is 0 Å². The molecule has 1 aliphatic rings. The zero-order valence-electron chi connectivity index (χ0n) is 19.8. The van der Waals surface area contributed by atoms with Gasteiger partial charge in [0.1, 0.15) is 5.01 Å². The molecule has 2 aromatic carbocycles. The van der Waals surface area contributed by atoms with Gasteiger partial charge in [-0.25, -0.2) is 4.98 Å². The van der Waals surface area contributed by atoms with Gasteiger partial charge in [0.05, 0.1) is 17.3 Å². The lowest BCUT2D eigenvalue weighted by Crippen LogP contribution is -2.44. The van der Waals surface area contributed by atoms with Crippen molar-refractivity contribution in [3.05, 3.63) is 75.9 Å². The van der Waals surface area contributed by atoms with E-state index in [4.69, 9.17) is 15.0 Å². The molecule has 2 aromatic heterocycles. The molecule has 1 N–H and O–H groups in total. The van der Waals surface area contributed by atoms with Crippen molar-refractivity contribution in [2.75, 3.05) is 19.8 Å². The van der Waals surface area contributed by atoms with Gasteiger partial charge in [0.2, 0.25) is 5.82 Å². The van der Waals surface area contributed by atoms with Crippen molar-refractivity contribution in [2.24, 2.45) is 0 Å². The van der Waals surface area contributed by atoms with Gasteiger partial charge < -0.3 is 14.6 Å². The third-order valence-corrected chi connectivity index (χ3v) is 7.45. The number of hydrogen-bond donors (Lipinski definition) is 1. The Hall–Kier alpha value is -4.08. The van der Waals surface area contributed by atoms with E-state index in [1.54, 1.807) is 24.3 Å². The topological polar surface area (TPSA) is 114 Å². The number of carbonyl (C=O) groups is 1. The molecule has 0 radical (unpaired) electrons. The number of ether oxygens (including phenoxy) is 1. The van der Waals surface area contributed by atoms with Crippen LogP contribution in [0.5, 0.6) is 0 Å². The van der Waals surface area contributed by atoms with Crippen LogP contribution in [0, 0.1) is 11.3 Å². The molecule has 5 rings (SSSR count). The van der Waals surface area contributed by atoms with Crippen molar-refractivity contribution < 1.29 is 27.2 Å². The molecule has 3 heterocycles. The first kappa shape index (κ1) is 25.6. The lowest BCUT2D eigenvalue weighted by atomic mass is 9.80. The van der Waals surface area contributed by atoms with Gasteiger partial charge >= 0.3 is 12.1 Å². The molecule has 0 atom stereocenters. The molecule has 0 unspecified atom stereocenters. The summed E-state index contributed by atoms with van der Waals surface area (Å²) in [7, 11) is 0. The summed E-state index contributed by atoms with van der Waals surface area (Å²) in [6.45, 7) is 1.35. The maximum atomic E-state index is 13.1. The van der Waals surface area contributed by atoms with Crippen LogP contribution in [0.25, 0.3) is 22.6 Å². The Kier molecular flexibility index (Phi) is 6.96. The molecule has 1 amide bonds. The molecule has 0 saturated carbocycles. The summed E-state index contributed by atoms with van der Waals surface area (Å²) in [5, 5.41) is 18.2. The minimum Gasteiger partial charge on any atom is -0.381 e. The molecular weight excluding hydrogens is 519 g/mol. The van der Waals surface area contributed by atoms with E-state index in [0.29, 0.717) is 38.2 Å². The summed E-state index contributed by atoms with van der Waals surface area (Å²) in [6, 6.07) is 15.3. The Balaban J connectivity index is 1.34. The van der Waals surface area contributed by atoms with Crippen LogP contribution in [0.1, 0.15) is 39.7 Å². The van der Waals surface area contributed by atoms with E-state index in [1.165, 1.54) is 23.5 Å². The lowest BCUT2D eigenvalue weighted by Gasteiger charge is -2.35. The monoisotopic (exact) mass is 539 g/mol. The highest BCUT2D eigenvalue weighted by Crippen LogP contribution is 2.38. The van der Waals surface area contributed by atoms with Gasteiger partial charge in [-0.05, 0) is 37.1 Å². The summed E-state index contributed by atoms with van der Waals surface area (Å²) in [6.07, 6.45) is -3.43. The summed E-state index contributed by atoms with van der Waals surface area (Å²) in [4.78, 5) is 21.3. The number of aromatic nitrogens is 3. The van der Waals surface area contributed by atoms with Crippen LogP contribution in [-0.2, 0) is 16.3 Å². The first-order chi connectivity index (χ1) is 18.3. The minimum atomic E-state index is -4.76. The maximum absolute atomic E-state index is 13.1. The summed E-state index contributed by atoms with van der Waals surface area (Å²) in [5.74, 6) is -2.10. The number of benzene rings is 2. The number of nitrogens with one attached hydrogen (secondary N) is 1. The molecule has 4 aromatic rings. The van der Waals surface area contributed by atoms with E-state index < -0.39 is 17.5 Å². The van der Waals surface area contributed by atoms with E-state index in [0.717, 1.165) is 16.3 Å². The van der Waals surface area contributed by atoms with Gasteiger partial charge in [0.25, 0.3) is 5.91 Å². The van der Waals surface area contributed by atoms with Crippen molar-refractivity contribution in [1.82, 2.24) is 20.4 Å². The van der Waals surface area contributed by atoms with E-state index >= 15 is 0 Å². The second kappa shape index (κ2) is 10.4. The van der Waals surface area contributed by atoms with Gasteiger partial charge in [-0.15, -0.1) is 11.3 Å². The zero-order valence-corrected chi connectivity index (χ0v) is 20.6. The van der Waals surface area contributed by atoms with Crippen molar-refractivity contribution in [3.63, 3.8) is 0 Å². The Morgan fingerprint density at radius 2 is 1.87 bits per heavy atom. The average Bonchev–Trinajstić information content (AvgIpc) is 3.64. The van der Waals surface area contributed by atoms with Gasteiger partial charge in [-0.2, -0.15) is 23.4 Å². The first-order valence-corrected chi connectivity index (χ1v) is 12.5. The second-order valence-corrected chi connectivity index (χ2v) is 9.66. The fourth-order valence-corrected chi connectivity index (χ4v) is 5.29. The fraction of sp³-hybridized carbons (Fsp3) is 0.269. The number of nitrogens with zero attached hydrogens (tertiary/aromatic N) is 4. The number of rotatable bonds is 6. The SMILES string of the molecule is N#Cc1ccc(-c2csc(C3(CNC(=O)c4cccc(-c5noc(C(F)(F)F)n5)c4)CCOCC3)n2)cc1. The highest BCUT2D eigenvalue weighted by atomic mass is 32.1. The molecule has 194 valence electrons. The second-order valence-electron chi connectivity index (χ2n) is 8.80. The van der Waals surface area contributed by atoms with Gasteiger partial charge in [-0.3, -0.25) is 4.79 Å². The number of hydrogen-bond acceptors (Lipinski definition) is 8. The Morgan fingerprint density at radius 1 is 1.11 bits per heavy atom. The third kappa shape index (κ3) is 5.29. The average molecular weight is 540 g/mol. The first-order valence-electron chi connectivity index (χ1n) is 11.6. The minimum absolute atomic E-state index is 0.227. The van der Waals surface area contributed by atoms with Gasteiger partial charge in [0, 0.05) is 47.2 Å². The number of carbonyl (C=O) groups excluding carboxylic acids is 1. The number of amides is 1. The third-order valence-electron chi connectivity index (χ3n) is 6.36. The van der Waals surface area contributed by atoms with Crippen LogP contribution in [0.2, 0.25) is 0 Å². The summed E-state index contributed by atoms with van der Waals surface area (Å²) < 4.78 is 48.3. The Morgan fingerprint density at radius 3 is 2.55 bits per heavy atom. The molecule has 1 aliphatic heterocycles. The lowest BCUT2D eigenvalue weighted by molar-refractivity contribution is -0.159. The van der Waals surface area contributed by atoms with Crippen molar-refractivity contribution in [1.29, 1.82) is 5.26 Å². The predicted octanol–water partition coefficient (Wildman–Crippen LogP) is 5.23. The molecule has 0 spiro atoms. The molecule has 1 saturated heterocycles. The maximum Gasteiger partial charge on any atom is 0.471 e. The van der Waals surface area contributed by atoms with Crippen LogP contribution >= 0.6 is 11.3 Å². The fourth-order valence-electron chi connectivity index (χ4n) is 4.20. The molecule has 0 bridgehead atoms. The summed E-state index contributed by atoms with van der Waals surface area (Å²) >= 11 is 1.51. The number of thiazole rings is 1. The number of nitriles is 1. The number of alkyl halides is 3. The van der Waals surface area contributed by atoms with Crippen molar-refractivity contribution in [3.8, 4) is 28.7 Å². The van der Waals surface area contributed by atoms with Crippen LogP contribution in [0.15, 0.2) is 58.4 Å². The van der Waals surface area contributed by atoms with Crippen LogP contribution < -0.4 is 5.32 Å². The molecule has 0 aliphatic carbocycles. The smallest absolute Gasteiger partial charge is 0.381 e. The van der Waals surface area contributed by atoms with E-state index in [1.807, 2.05) is 17.5 Å². The molecule has 8 nitrogen and oxygen atoms in total. The molecular formula is C26H20F3N5O3S. The summed E-state index contributed by atoms with van der Waals surface area (Å²) in [5.41, 5.74) is 2.29. The Bertz CT molecular complexity index is 1480. The van der Waals surface area contributed by atoms with Crippen molar-refractivity contribution >= 4 is 17.2 Å². The van der Waals surface area contributed by atoms with Gasteiger partial charge in [0.15, 0.2) is 0 Å². The van der Waals surface area contributed by atoms with E-state index in [2.05, 4.69) is 26.0 Å². The van der Waals surface area contributed by atoms with E-state index in [9.17, 15) is 18.0 Å². The highest BCUT2D eigenvalue weighted by Gasteiger charge is 2.39.